The van der Waals surface area contributed by atoms with Crippen molar-refractivity contribution in [2.75, 3.05) is 0 Å². The third-order valence-electron chi connectivity index (χ3n) is 6.19. The minimum absolute atomic E-state index is 0.0763. The number of fused-ring (bicyclic) bond motifs is 3. The fraction of sp³-hybridized carbons (Fsp3) is 0.269. The number of benzene rings is 1. The molecule has 32 heavy (non-hydrogen) atoms. The summed E-state index contributed by atoms with van der Waals surface area (Å²) in [5.74, 6) is -0.0923. The molecule has 0 atom stereocenters. The van der Waals surface area contributed by atoms with Gasteiger partial charge in [0, 0.05) is 36.9 Å². The topological polar surface area (TPSA) is 51.0 Å². The van der Waals surface area contributed by atoms with Crippen LogP contribution in [0.2, 0.25) is 0 Å². The lowest BCUT2D eigenvalue weighted by molar-refractivity contribution is -0.599. The molecule has 0 aliphatic carbocycles. The number of hydrogen-bond acceptors (Lipinski definition) is 3. The second kappa shape index (κ2) is 8.36. The number of nitrogens with zero attached hydrogens (tertiary/aromatic N) is 3. The van der Waals surface area contributed by atoms with Crippen LogP contribution < -0.4 is 10.1 Å². The quantitative estimate of drug-likeness (QED) is 0.349. The number of rotatable bonds is 5. The zero-order valence-electron chi connectivity index (χ0n) is 18.9. The monoisotopic (exact) mass is 446 g/mol. The minimum Gasteiger partial charge on any atom is -0.494 e. The van der Waals surface area contributed by atoms with Gasteiger partial charge in [-0.3, -0.25) is 13.9 Å². The molecule has 164 valence electrons. The molecule has 0 fully saturated rings. The van der Waals surface area contributed by atoms with Gasteiger partial charge in [0.25, 0.3) is 5.56 Å². The van der Waals surface area contributed by atoms with Gasteiger partial charge < -0.3 is 5.11 Å². The average Bonchev–Trinajstić information content (AvgIpc) is 3.01. The molecule has 2 aromatic heterocycles. The molecule has 1 aliphatic rings. The zero-order chi connectivity index (χ0) is 23.0. The van der Waals surface area contributed by atoms with Crippen LogP contribution in [0.3, 0.4) is 0 Å². The Kier molecular flexibility index (Phi) is 5.73. The van der Waals surface area contributed by atoms with E-state index in [0.717, 1.165) is 5.56 Å². The van der Waals surface area contributed by atoms with E-state index in [1.807, 2.05) is 26.0 Å². The summed E-state index contributed by atoms with van der Waals surface area (Å²) < 4.78 is 5.65. The molecule has 0 saturated carbocycles. The normalized spacial score (nSPS) is 14.2. The van der Waals surface area contributed by atoms with Gasteiger partial charge in [0.2, 0.25) is 11.6 Å². The first kappa shape index (κ1) is 22.0. The molecule has 1 aromatic carbocycles. The Balaban J connectivity index is 1.65. The molecule has 3 heterocycles. The molecule has 0 spiro atoms. The Morgan fingerprint density at radius 3 is 2.47 bits per heavy atom. The number of para-hydroxylation sites is 1. The van der Waals surface area contributed by atoms with Gasteiger partial charge in [0.05, 0.1) is 5.41 Å². The zero-order valence-corrected chi connectivity index (χ0v) is 19.7. The van der Waals surface area contributed by atoms with Crippen molar-refractivity contribution in [1.29, 1.82) is 0 Å². The summed E-state index contributed by atoms with van der Waals surface area (Å²) in [5.41, 5.74) is 4.73. The van der Waals surface area contributed by atoms with Crippen molar-refractivity contribution in [3.05, 3.63) is 92.3 Å². The summed E-state index contributed by atoms with van der Waals surface area (Å²) in [6, 6.07) is 12.8. The minimum atomic E-state index is -0.280. The van der Waals surface area contributed by atoms with Gasteiger partial charge in [-0.2, -0.15) is 4.57 Å². The van der Waals surface area contributed by atoms with Crippen LogP contribution in [0.5, 0.6) is 5.88 Å². The standard InChI is InChI=1S/C26H27N3O2S/c1-5-27-23(30)19(24(31)28(6-2)25(27)32)12-8-7-11-18-15-16-29-21-14-10-9-13-20(21)26(3,4)22(29)17-18/h7-17H,5-6H2,1-4H3/p+1. The van der Waals surface area contributed by atoms with E-state index in [0.29, 0.717) is 17.9 Å². The molecule has 1 N–H and O–H groups in total. The maximum absolute atomic E-state index is 12.7. The summed E-state index contributed by atoms with van der Waals surface area (Å²) in [6.07, 6.45) is 9.41. The van der Waals surface area contributed by atoms with Gasteiger partial charge in [-0.05, 0) is 51.6 Å². The molecule has 3 aromatic rings. The molecule has 0 amide bonds. The molecular weight excluding hydrogens is 418 g/mol. The van der Waals surface area contributed by atoms with Crippen LogP contribution in [0, 0.1) is 4.77 Å². The Hall–Kier alpha value is -3.25. The highest BCUT2D eigenvalue weighted by molar-refractivity contribution is 7.71. The molecule has 0 unspecified atom stereocenters. The van der Waals surface area contributed by atoms with E-state index in [4.69, 9.17) is 12.2 Å². The highest BCUT2D eigenvalue weighted by atomic mass is 32.1. The van der Waals surface area contributed by atoms with Gasteiger partial charge in [-0.15, -0.1) is 0 Å². The second-order valence-corrected chi connectivity index (χ2v) is 8.75. The smallest absolute Gasteiger partial charge is 0.265 e. The van der Waals surface area contributed by atoms with Crippen molar-refractivity contribution < 1.29 is 9.67 Å². The number of pyridine rings is 1. The summed E-state index contributed by atoms with van der Waals surface area (Å²) in [6.45, 7) is 9.19. The van der Waals surface area contributed by atoms with Gasteiger partial charge in [-0.25, -0.2) is 0 Å². The lowest BCUT2D eigenvalue weighted by Gasteiger charge is -2.14. The maximum atomic E-state index is 12.7. The summed E-state index contributed by atoms with van der Waals surface area (Å²) in [4.78, 5) is 12.7. The maximum Gasteiger partial charge on any atom is 0.265 e. The van der Waals surface area contributed by atoms with Crippen molar-refractivity contribution in [2.45, 2.75) is 46.2 Å². The number of aromatic nitrogens is 3. The van der Waals surface area contributed by atoms with Crippen LogP contribution in [0.15, 0.2) is 59.5 Å². The lowest BCUT2D eigenvalue weighted by atomic mass is 9.83. The van der Waals surface area contributed by atoms with Crippen molar-refractivity contribution >= 4 is 24.4 Å². The van der Waals surface area contributed by atoms with E-state index in [9.17, 15) is 9.90 Å². The molecule has 6 heteroatoms. The van der Waals surface area contributed by atoms with Crippen LogP contribution >= 0.6 is 12.2 Å². The average molecular weight is 447 g/mol. The molecule has 4 rings (SSSR count). The van der Waals surface area contributed by atoms with Crippen LogP contribution in [-0.2, 0) is 18.5 Å². The third-order valence-corrected chi connectivity index (χ3v) is 6.63. The van der Waals surface area contributed by atoms with Crippen LogP contribution in [0.4, 0.5) is 0 Å². The molecule has 0 saturated heterocycles. The van der Waals surface area contributed by atoms with Crippen molar-refractivity contribution in [3.63, 3.8) is 0 Å². The van der Waals surface area contributed by atoms with Gasteiger partial charge in [0.1, 0.15) is 5.56 Å². The first-order valence-corrected chi connectivity index (χ1v) is 11.3. The number of aromatic hydroxyl groups is 1. The van der Waals surface area contributed by atoms with E-state index in [1.165, 1.54) is 21.5 Å². The van der Waals surface area contributed by atoms with E-state index in [1.54, 1.807) is 16.7 Å². The fourth-order valence-corrected chi connectivity index (χ4v) is 4.83. The molecular formula is C26H28N3O2S+. The SMILES string of the molecule is CCn1c(O)c(/C=C/C=C/c2cc[n+]3c(c2)C(C)(C)c2ccccc2-3)c(=O)n(CC)c1=S. The third kappa shape index (κ3) is 3.45. The van der Waals surface area contributed by atoms with E-state index in [2.05, 4.69) is 61.0 Å². The van der Waals surface area contributed by atoms with E-state index < -0.39 is 0 Å². The molecule has 1 aliphatic heterocycles. The summed E-state index contributed by atoms with van der Waals surface area (Å²) >= 11 is 5.33. The van der Waals surface area contributed by atoms with Gasteiger partial charge >= 0.3 is 0 Å². The summed E-state index contributed by atoms with van der Waals surface area (Å²) in [7, 11) is 0. The first-order valence-electron chi connectivity index (χ1n) is 10.9. The fourth-order valence-electron chi connectivity index (χ4n) is 4.40. The van der Waals surface area contributed by atoms with Crippen LogP contribution in [0.25, 0.3) is 17.8 Å². The predicted octanol–water partition coefficient (Wildman–Crippen LogP) is 4.77. The van der Waals surface area contributed by atoms with Crippen LogP contribution in [-0.4, -0.2) is 14.2 Å². The highest BCUT2D eigenvalue weighted by Crippen LogP contribution is 2.37. The number of allylic oxidation sites excluding steroid dienone is 2. The lowest BCUT2D eigenvalue weighted by Crippen LogP contribution is -2.34. The van der Waals surface area contributed by atoms with Crippen molar-refractivity contribution in [3.8, 4) is 11.6 Å². The number of hydrogen-bond donors (Lipinski definition) is 1. The van der Waals surface area contributed by atoms with Crippen molar-refractivity contribution in [2.24, 2.45) is 0 Å². The molecule has 0 bridgehead atoms. The largest absolute Gasteiger partial charge is 0.494 e. The molecule has 0 radical (unpaired) electrons. The first-order chi connectivity index (χ1) is 15.3. The van der Waals surface area contributed by atoms with Crippen molar-refractivity contribution in [1.82, 2.24) is 9.13 Å². The van der Waals surface area contributed by atoms with E-state index >= 15 is 0 Å². The van der Waals surface area contributed by atoms with Gasteiger partial charge in [-0.1, -0.05) is 36.4 Å². The van der Waals surface area contributed by atoms with Crippen LogP contribution in [0.1, 0.15) is 50.1 Å². The Morgan fingerprint density at radius 1 is 1.06 bits per heavy atom. The Labute approximate surface area is 193 Å². The second-order valence-electron chi connectivity index (χ2n) is 8.39. The van der Waals surface area contributed by atoms with E-state index in [-0.39, 0.29) is 22.4 Å². The van der Waals surface area contributed by atoms with Gasteiger partial charge in [0.15, 0.2) is 16.7 Å². The Bertz CT molecular complexity index is 1380. The molecule has 5 nitrogen and oxygen atoms in total. The highest BCUT2D eigenvalue weighted by Gasteiger charge is 2.43. The predicted molar refractivity (Wildman–Crippen MR) is 131 cm³/mol. The Morgan fingerprint density at radius 2 is 1.75 bits per heavy atom. The summed E-state index contributed by atoms with van der Waals surface area (Å²) in [5, 5.41) is 10.5.